The fourth-order valence-corrected chi connectivity index (χ4v) is 2.00. The van der Waals surface area contributed by atoms with Gasteiger partial charge in [-0.2, -0.15) is 0 Å². The van der Waals surface area contributed by atoms with Crippen molar-refractivity contribution >= 4 is 0 Å². The molecule has 1 aromatic rings. The van der Waals surface area contributed by atoms with Gasteiger partial charge in [0.15, 0.2) is 0 Å². The average molecular weight is 210 g/mol. The molecule has 0 saturated heterocycles. The van der Waals surface area contributed by atoms with E-state index < -0.39 is 5.60 Å². The molecule has 1 unspecified atom stereocenters. The van der Waals surface area contributed by atoms with Gasteiger partial charge in [-0.25, -0.2) is 4.98 Å². The minimum atomic E-state index is -0.743. The lowest BCUT2D eigenvalue weighted by atomic mass is 9.94. The minimum Gasteiger partial charge on any atom is -0.382 e. The Hall–Kier alpha value is -0.830. The second-order valence-corrected chi connectivity index (χ2v) is 4.08. The first-order valence-electron chi connectivity index (χ1n) is 5.92. The molecule has 1 aromatic heterocycles. The lowest BCUT2D eigenvalue weighted by Crippen LogP contribution is -2.29. The van der Waals surface area contributed by atoms with E-state index in [0.29, 0.717) is 0 Å². The lowest BCUT2D eigenvalue weighted by molar-refractivity contribution is 0.0103. The molecule has 0 spiro atoms. The molecule has 0 saturated carbocycles. The van der Waals surface area contributed by atoms with E-state index in [9.17, 15) is 5.11 Å². The number of hydrogen-bond donors (Lipinski definition) is 1. The zero-order chi connectivity index (χ0) is 11.3. The summed E-state index contributed by atoms with van der Waals surface area (Å²) in [4.78, 5) is 4.31. The molecule has 0 aliphatic carbocycles. The zero-order valence-corrected chi connectivity index (χ0v) is 10.0. The first-order chi connectivity index (χ1) is 7.18. The van der Waals surface area contributed by atoms with Crippen molar-refractivity contribution in [1.29, 1.82) is 0 Å². The van der Waals surface area contributed by atoms with Crippen molar-refractivity contribution < 1.29 is 5.11 Å². The van der Waals surface area contributed by atoms with Gasteiger partial charge in [-0.3, -0.25) is 0 Å². The Morgan fingerprint density at radius 2 is 2.07 bits per heavy atom. The van der Waals surface area contributed by atoms with Crippen molar-refractivity contribution in [2.75, 3.05) is 0 Å². The maximum Gasteiger partial charge on any atom is 0.140 e. The molecule has 1 atom stereocenters. The molecule has 0 fully saturated rings. The molecule has 1 rings (SSSR count). The number of imidazole rings is 1. The smallest absolute Gasteiger partial charge is 0.140 e. The van der Waals surface area contributed by atoms with Gasteiger partial charge in [0.1, 0.15) is 11.4 Å². The predicted octanol–water partition coefficient (Wildman–Crippen LogP) is 2.69. The van der Waals surface area contributed by atoms with Crippen molar-refractivity contribution in [3.63, 3.8) is 0 Å². The lowest BCUT2D eigenvalue weighted by Gasteiger charge is -2.26. The molecule has 3 heteroatoms. The van der Waals surface area contributed by atoms with Gasteiger partial charge in [0.05, 0.1) is 0 Å². The Morgan fingerprint density at radius 3 is 2.60 bits per heavy atom. The summed E-state index contributed by atoms with van der Waals surface area (Å²) in [5.41, 5.74) is -0.743. The van der Waals surface area contributed by atoms with Gasteiger partial charge in [-0.15, -0.1) is 0 Å². The van der Waals surface area contributed by atoms with Gasteiger partial charge in [0.25, 0.3) is 0 Å². The quantitative estimate of drug-likeness (QED) is 0.784. The molecule has 15 heavy (non-hydrogen) atoms. The Labute approximate surface area is 92.1 Å². The topological polar surface area (TPSA) is 38.0 Å². The van der Waals surface area contributed by atoms with Crippen LogP contribution in [0.25, 0.3) is 0 Å². The summed E-state index contributed by atoms with van der Waals surface area (Å²) >= 11 is 0. The summed E-state index contributed by atoms with van der Waals surface area (Å²) in [5.74, 6) is 0.828. The van der Waals surface area contributed by atoms with Crippen molar-refractivity contribution in [3.05, 3.63) is 18.2 Å². The molecule has 86 valence electrons. The molecule has 1 N–H and O–H groups in total. The third kappa shape index (κ3) is 2.59. The van der Waals surface area contributed by atoms with Gasteiger partial charge >= 0.3 is 0 Å². The summed E-state index contributed by atoms with van der Waals surface area (Å²) in [6.07, 6.45) is 7.28. The largest absolute Gasteiger partial charge is 0.382 e. The number of rotatable bonds is 6. The van der Waals surface area contributed by atoms with Crippen LogP contribution in [0.4, 0.5) is 0 Å². The number of aromatic nitrogens is 2. The SMILES string of the molecule is CCCn1ccnc1C(O)(CC)CCC. The average Bonchev–Trinajstić information content (AvgIpc) is 2.67. The molecular weight excluding hydrogens is 188 g/mol. The van der Waals surface area contributed by atoms with E-state index in [-0.39, 0.29) is 0 Å². The van der Waals surface area contributed by atoms with Crippen molar-refractivity contribution in [3.8, 4) is 0 Å². The normalized spacial score (nSPS) is 15.2. The van der Waals surface area contributed by atoms with Crippen LogP contribution in [-0.2, 0) is 12.1 Å². The van der Waals surface area contributed by atoms with Gasteiger partial charge in [0.2, 0.25) is 0 Å². The molecule has 0 radical (unpaired) electrons. The molecule has 3 nitrogen and oxygen atoms in total. The molecule has 0 aliphatic heterocycles. The predicted molar refractivity (Wildman–Crippen MR) is 61.6 cm³/mol. The maximum absolute atomic E-state index is 10.5. The molecule has 0 amide bonds. The van der Waals surface area contributed by atoms with E-state index in [1.807, 2.05) is 13.1 Å². The van der Waals surface area contributed by atoms with Gasteiger partial charge in [0, 0.05) is 18.9 Å². The highest BCUT2D eigenvalue weighted by molar-refractivity contribution is 5.04. The fraction of sp³-hybridized carbons (Fsp3) is 0.750. The third-order valence-corrected chi connectivity index (χ3v) is 2.84. The van der Waals surface area contributed by atoms with Crippen LogP contribution in [0.15, 0.2) is 12.4 Å². The van der Waals surface area contributed by atoms with Crippen LogP contribution < -0.4 is 0 Å². The van der Waals surface area contributed by atoms with Crippen molar-refractivity contribution in [1.82, 2.24) is 9.55 Å². The number of aryl methyl sites for hydroxylation is 1. The minimum absolute atomic E-state index is 0.724. The molecule has 0 aliphatic rings. The Kier molecular flexibility index (Phi) is 4.33. The first-order valence-corrected chi connectivity index (χ1v) is 5.92. The molecule has 1 heterocycles. The summed E-state index contributed by atoms with van der Waals surface area (Å²) < 4.78 is 2.07. The van der Waals surface area contributed by atoms with E-state index in [2.05, 4.69) is 23.4 Å². The standard InChI is InChI=1S/C12H22N2O/c1-4-7-12(15,6-3)11-13-8-10-14(11)9-5-2/h8,10,15H,4-7,9H2,1-3H3. The van der Waals surface area contributed by atoms with E-state index in [1.165, 1.54) is 0 Å². The third-order valence-electron chi connectivity index (χ3n) is 2.84. The second-order valence-electron chi connectivity index (χ2n) is 4.08. The van der Waals surface area contributed by atoms with Crippen LogP contribution in [0, 0.1) is 0 Å². The van der Waals surface area contributed by atoms with Crippen LogP contribution in [0.3, 0.4) is 0 Å². The Bertz CT molecular complexity index is 296. The van der Waals surface area contributed by atoms with Crippen LogP contribution in [0.2, 0.25) is 0 Å². The molecular formula is C12H22N2O. The zero-order valence-electron chi connectivity index (χ0n) is 10.0. The summed E-state index contributed by atoms with van der Waals surface area (Å²) in [6.45, 7) is 7.17. The summed E-state index contributed by atoms with van der Waals surface area (Å²) in [7, 11) is 0. The first kappa shape index (κ1) is 12.2. The Balaban J connectivity index is 2.95. The highest BCUT2D eigenvalue weighted by Gasteiger charge is 2.30. The number of nitrogens with zero attached hydrogens (tertiary/aromatic N) is 2. The summed E-state index contributed by atoms with van der Waals surface area (Å²) in [6, 6.07) is 0. The molecule has 0 bridgehead atoms. The Morgan fingerprint density at radius 1 is 1.33 bits per heavy atom. The number of hydrogen-bond acceptors (Lipinski definition) is 2. The number of aliphatic hydroxyl groups is 1. The highest BCUT2D eigenvalue weighted by atomic mass is 16.3. The van der Waals surface area contributed by atoms with Crippen LogP contribution in [0.1, 0.15) is 52.3 Å². The molecule has 0 aromatic carbocycles. The summed E-state index contributed by atoms with van der Waals surface area (Å²) in [5, 5.41) is 10.5. The van der Waals surface area contributed by atoms with E-state index >= 15 is 0 Å². The maximum atomic E-state index is 10.5. The second kappa shape index (κ2) is 5.31. The van der Waals surface area contributed by atoms with Gasteiger partial charge in [-0.1, -0.05) is 27.2 Å². The van der Waals surface area contributed by atoms with Crippen LogP contribution in [-0.4, -0.2) is 14.7 Å². The van der Waals surface area contributed by atoms with Crippen molar-refractivity contribution in [2.24, 2.45) is 0 Å². The van der Waals surface area contributed by atoms with Crippen LogP contribution >= 0.6 is 0 Å². The monoisotopic (exact) mass is 210 g/mol. The van der Waals surface area contributed by atoms with Gasteiger partial charge < -0.3 is 9.67 Å². The fourth-order valence-electron chi connectivity index (χ4n) is 2.00. The van der Waals surface area contributed by atoms with Gasteiger partial charge in [-0.05, 0) is 19.3 Å². The van der Waals surface area contributed by atoms with Crippen LogP contribution in [0.5, 0.6) is 0 Å². The van der Waals surface area contributed by atoms with E-state index in [0.717, 1.165) is 38.1 Å². The van der Waals surface area contributed by atoms with Crippen molar-refractivity contribution in [2.45, 2.75) is 58.6 Å². The van der Waals surface area contributed by atoms with E-state index in [4.69, 9.17) is 0 Å². The van der Waals surface area contributed by atoms with E-state index in [1.54, 1.807) is 6.20 Å². The highest BCUT2D eigenvalue weighted by Crippen LogP contribution is 2.28.